The molecule has 16 heavy (non-hydrogen) atoms. The zero-order valence-electron chi connectivity index (χ0n) is 9.11. The van der Waals surface area contributed by atoms with Crippen molar-refractivity contribution >= 4 is 11.6 Å². The molecule has 2 aromatic rings. The quantitative estimate of drug-likeness (QED) is 0.870. The molecule has 0 saturated carbocycles. The van der Waals surface area contributed by atoms with E-state index >= 15 is 0 Å². The summed E-state index contributed by atoms with van der Waals surface area (Å²) in [6, 6.07) is 1.76. The number of halogens is 1. The summed E-state index contributed by atoms with van der Waals surface area (Å²) in [5.41, 5.74) is 2.65. The van der Waals surface area contributed by atoms with Crippen LogP contribution in [0.4, 0.5) is 0 Å². The summed E-state index contributed by atoms with van der Waals surface area (Å²) >= 11 is 5.88. The molecule has 0 bridgehead atoms. The van der Waals surface area contributed by atoms with E-state index in [4.69, 9.17) is 16.7 Å². The molecule has 0 unspecified atom stereocenters. The topological polar surface area (TPSA) is 50.9 Å². The Balaban J connectivity index is 2.52. The van der Waals surface area contributed by atoms with Crippen LogP contribution in [0.5, 0.6) is 0 Å². The van der Waals surface area contributed by atoms with Gasteiger partial charge in [0.25, 0.3) is 0 Å². The molecule has 0 fully saturated rings. The lowest BCUT2D eigenvalue weighted by atomic mass is 10.2. The van der Waals surface area contributed by atoms with Gasteiger partial charge in [0.05, 0.1) is 17.3 Å². The number of aromatic nitrogens is 3. The maximum absolute atomic E-state index is 9.13. The molecule has 0 amide bonds. The first kappa shape index (κ1) is 11.1. The van der Waals surface area contributed by atoms with Gasteiger partial charge in [0.1, 0.15) is 12.1 Å². The van der Waals surface area contributed by atoms with Gasteiger partial charge in [0, 0.05) is 17.5 Å². The van der Waals surface area contributed by atoms with Crippen LogP contribution in [0.2, 0.25) is 5.02 Å². The van der Waals surface area contributed by atoms with E-state index in [0.717, 1.165) is 11.4 Å². The lowest BCUT2D eigenvalue weighted by Gasteiger charge is -2.07. The normalized spacial score (nSPS) is 10.8. The van der Waals surface area contributed by atoms with E-state index in [-0.39, 0.29) is 6.61 Å². The largest absolute Gasteiger partial charge is 0.392 e. The van der Waals surface area contributed by atoms with Gasteiger partial charge in [-0.25, -0.2) is 9.97 Å². The number of rotatable bonds is 2. The summed E-state index contributed by atoms with van der Waals surface area (Å²) in [6.07, 6.45) is 3.25. The maximum atomic E-state index is 9.13. The van der Waals surface area contributed by atoms with E-state index in [2.05, 4.69) is 9.97 Å². The molecule has 0 atom stereocenters. The van der Waals surface area contributed by atoms with Gasteiger partial charge >= 0.3 is 0 Å². The number of aliphatic hydroxyl groups is 1. The predicted molar refractivity (Wildman–Crippen MR) is 61.8 cm³/mol. The smallest absolute Gasteiger partial charge is 0.138 e. The molecule has 0 aliphatic carbocycles. The number of hydrogen-bond donors (Lipinski definition) is 1. The van der Waals surface area contributed by atoms with Gasteiger partial charge in [-0.15, -0.1) is 0 Å². The van der Waals surface area contributed by atoms with Crippen LogP contribution in [-0.4, -0.2) is 19.6 Å². The molecular formula is C11H12ClN3O. The van der Waals surface area contributed by atoms with Crippen molar-refractivity contribution < 1.29 is 5.11 Å². The van der Waals surface area contributed by atoms with E-state index in [9.17, 15) is 0 Å². The minimum absolute atomic E-state index is 0.0962. The molecule has 0 aromatic carbocycles. The number of hydrogen-bond acceptors (Lipinski definition) is 3. The molecule has 5 heteroatoms. The van der Waals surface area contributed by atoms with Crippen molar-refractivity contribution in [2.75, 3.05) is 0 Å². The Labute approximate surface area is 98.5 Å². The Hall–Kier alpha value is -1.39. The zero-order valence-corrected chi connectivity index (χ0v) is 9.86. The third kappa shape index (κ3) is 1.81. The Morgan fingerprint density at radius 1 is 1.38 bits per heavy atom. The molecule has 0 saturated heterocycles. The first-order chi connectivity index (χ1) is 7.63. The second-order valence-electron chi connectivity index (χ2n) is 3.58. The van der Waals surface area contributed by atoms with Gasteiger partial charge in [0.2, 0.25) is 0 Å². The molecule has 84 valence electrons. The first-order valence-corrected chi connectivity index (χ1v) is 5.27. The van der Waals surface area contributed by atoms with Crippen molar-refractivity contribution in [3.05, 3.63) is 40.6 Å². The fourth-order valence-corrected chi connectivity index (χ4v) is 1.61. The highest BCUT2D eigenvalue weighted by Gasteiger charge is 2.08. The predicted octanol–water partition coefficient (Wildman–Crippen LogP) is 2.03. The van der Waals surface area contributed by atoms with Crippen LogP contribution < -0.4 is 0 Å². The number of aliphatic hydroxyl groups excluding tert-OH is 1. The van der Waals surface area contributed by atoms with E-state index in [1.54, 1.807) is 12.4 Å². The molecule has 2 aromatic heterocycles. The van der Waals surface area contributed by atoms with E-state index in [0.29, 0.717) is 16.4 Å². The van der Waals surface area contributed by atoms with Crippen LogP contribution in [0.1, 0.15) is 17.0 Å². The van der Waals surface area contributed by atoms with Crippen LogP contribution in [0.15, 0.2) is 18.6 Å². The highest BCUT2D eigenvalue weighted by Crippen LogP contribution is 2.19. The third-order valence-electron chi connectivity index (χ3n) is 2.59. The summed E-state index contributed by atoms with van der Waals surface area (Å²) in [5.74, 6) is 0.714. The van der Waals surface area contributed by atoms with E-state index < -0.39 is 0 Å². The van der Waals surface area contributed by atoms with Gasteiger partial charge in [-0.2, -0.15) is 0 Å². The zero-order chi connectivity index (χ0) is 11.7. The van der Waals surface area contributed by atoms with Gasteiger partial charge in [-0.1, -0.05) is 11.6 Å². The summed E-state index contributed by atoms with van der Waals surface area (Å²) < 4.78 is 1.87. The van der Waals surface area contributed by atoms with Crippen molar-refractivity contribution in [3.63, 3.8) is 0 Å². The maximum Gasteiger partial charge on any atom is 0.138 e. The average molecular weight is 238 g/mol. The van der Waals surface area contributed by atoms with Crippen LogP contribution in [-0.2, 0) is 6.61 Å². The van der Waals surface area contributed by atoms with Crippen LogP contribution >= 0.6 is 11.6 Å². The van der Waals surface area contributed by atoms with E-state index in [1.165, 1.54) is 6.20 Å². The average Bonchev–Trinajstić information content (AvgIpc) is 2.61. The Bertz CT molecular complexity index is 522. The number of nitrogens with zero attached hydrogens (tertiary/aromatic N) is 3. The van der Waals surface area contributed by atoms with Gasteiger partial charge in [-0.3, -0.25) is 4.57 Å². The Morgan fingerprint density at radius 3 is 2.69 bits per heavy atom. The first-order valence-electron chi connectivity index (χ1n) is 4.89. The van der Waals surface area contributed by atoms with Crippen molar-refractivity contribution in [2.24, 2.45) is 0 Å². The van der Waals surface area contributed by atoms with Crippen molar-refractivity contribution in [2.45, 2.75) is 20.5 Å². The van der Waals surface area contributed by atoms with Crippen molar-refractivity contribution in [1.29, 1.82) is 0 Å². The van der Waals surface area contributed by atoms with Gasteiger partial charge < -0.3 is 5.11 Å². The van der Waals surface area contributed by atoms with Crippen LogP contribution in [0.3, 0.4) is 0 Å². The molecule has 0 spiro atoms. The summed E-state index contributed by atoms with van der Waals surface area (Å²) in [5, 5.41) is 9.60. The molecule has 2 heterocycles. The highest BCUT2D eigenvalue weighted by atomic mass is 35.5. The second kappa shape index (κ2) is 4.23. The lowest BCUT2D eigenvalue weighted by Crippen LogP contribution is -2.00. The molecule has 1 N–H and O–H groups in total. The summed E-state index contributed by atoms with van der Waals surface area (Å²) in [4.78, 5) is 8.41. The second-order valence-corrected chi connectivity index (χ2v) is 3.98. The van der Waals surface area contributed by atoms with Crippen molar-refractivity contribution in [1.82, 2.24) is 14.5 Å². The monoisotopic (exact) mass is 237 g/mol. The molecule has 0 aliphatic heterocycles. The third-order valence-corrected chi connectivity index (χ3v) is 2.93. The lowest BCUT2D eigenvalue weighted by molar-refractivity contribution is 0.282. The molecule has 4 nitrogen and oxygen atoms in total. The molecule has 2 rings (SSSR count). The minimum Gasteiger partial charge on any atom is -0.392 e. The van der Waals surface area contributed by atoms with Crippen LogP contribution in [0.25, 0.3) is 5.82 Å². The van der Waals surface area contributed by atoms with E-state index in [1.807, 2.05) is 18.4 Å². The standard InChI is InChI=1S/C11H12ClN3O/c1-7-8(2)15(6-14-7)11-3-9(5-16)10(12)4-13-11/h3-4,6,16H,5H2,1-2H3. The number of aryl methyl sites for hydroxylation is 1. The fraction of sp³-hybridized carbons (Fsp3) is 0.273. The van der Waals surface area contributed by atoms with Gasteiger partial charge in [-0.05, 0) is 19.9 Å². The SMILES string of the molecule is Cc1ncn(-c2cc(CO)c(Cl)cn2)c1C. The van der Waals surface area contributed by atoms with Crippen molar-refractivity contribution in [3.8, 4) is 5.82 Å². The van der Waals surface area contributed by atoms with Gasteiger partial charge in [0.15, 0.2) is 0 Å². The number of imidazole rings is 1. The molecule has 0 radical (unpaired) electrons. The summed E-state index contributed by atoms with van der Waals surface area (Å²) in [7, 11) is 0. The minimum atomic E-state index is -0.0962. The molecular weight excluding hydrogens is 226 g/mol. The summed E-state index contributed by atoms with van der Waals surface area (Å²) in [6.45, 7) is 3.81. The highest BCUT2D eigenvalue weighted by molar-refractivity contribution is 6.31. The number of pyridine rings is 1. The molecule has 0 aliphatic rings. The van der Waals surface area contributed by atoms with Crippen LogP contribution in [0, 0.1) is 13.8 Å². The Kier molecular flexibility index (Phi) is 2.94. The fourth-order valence-electron chi connectivity index (χ4n) is 1.45. The Morgan fingerprint density at radius 2 is 2.12 bits per heavy atom.